The van der Waals surface area contributed by atoms with Crippen LogP contribution >= 0.6 is 0 Å². The van der Waals surface area contributed by atoms with Crippen LogP contribution in [0.4, 0.5) is 0 Å². The fourth-order valence-electron chi connectivity index (χ4n) is 3.54. The van der Waals surface area contributed by atoms with Gasteiger partial charge in [-0.2, -0.15) is 0 Å². The van der Waals surface area contributed by atoms with Crippen LogP contribution in [0.5, 0.6) is 0 Å². The monoisotopic (exact) mass is 252 g/mol. The highest BCUT2D eigenvalue weighted by atomic mass is 15.2. The lowest BCUT2D eigenvalue weighted by atomic mass is 9.88. The number of hydrogen-bond acceptors (Lipinski definition) is 2. The molecule has 0 N–H and O–H groups in total. The van der Waals surface area contributed by atoms with Crippen LogP contribution in [0.1, 0.15) is 51.9 Å². The molecule has 0 aliphatic carbocycles. The van der Waals surface area contributed by atoms with Crippen LogP contribution in [0.25, 0.3) is 0 Å². The summed E-state index contributed by atoms with van der Waals surface area (Å²) in [5.74, 6) is 1.96. The van der Waals surface area contributed by atoms with Crippen LogP contribution in [0, 0.1) is 11.8 Å². The van der Waals surface area contributed by atoms with E-state index in [2.05, 4.69) is 23.8 Å². The van der Waals surface area contributed by atoms with E-state index in [0.717, 1.165) is 11.8 Å². The summed E-state index contributed by atoms with van der Waals surface area (Å²) in [7, 11) is 2.29. The summed E-state index contributed by atoms with van der Waals surface area (Å²) >= 11 is 0. The summed E-state index contributed by atoms with van der Waals surface area (Å²) in [6.45, 7) is 9.01. The minimum Gasteiger partial charge on any atom is -0.305 e. The zero-order valence-corrected chi connectivity index (χ0v) is 12.5. The maximum Gasteiger partial charge on any atom is 0.0109 e. The van der Waals surface area contributed by atoms with E-state index in [1.54, 1.807) is 0 Å². The van der Waals surface area contributed by atoms with Gasteiger partial charge in [-0.3, -0.25) is 0 Å². The van der Waals surface area contributed by atoms with Crippen LogP contribution in [-0.4, -0.2) is 49.6 Å². The van der Waals surface area contributed by atoms with Crippen LogP contribution < -0.4 is 0 Å². The Bertz CT molecular complexity index is 205. The molecular formula is C16H32N2. The molecule has 0 aromatic carbocycles. The van der Waals surface area contributed by atoms with E-state index in [-0.39, 0.29) is 0 Å². The Kier molecular flexibility index (Phi) is 5.97. The molecule has 2 aliphatic rings. The van der Waals surface area contributed by atoms with Crippen LogP contribution in [0.3, 0.4) is 0 Å². The van der Waals surface area contributed by atoms with Gasteiger partial charge >= 0.3 is 0 Å². The minimum atomic E-state index is 0.957. The van der Waals surface area contributed by atoms with E-state index in [0.29, 0.717) is 0 Å². The number of nitrogens with zero attached hydrogens (tertiary/aromatic N) is 2. The third-order valence-electron chi connectivity index (χ3n) is 5.04. The van der Waals surface area contributed by atoms with Crippen LogP contribution in [-0.2, 0) is 0 Å². The average molecular weight is 252 g/mol. The molecule has 0 spiro atoms. The molecule has 3 atom stereocenters. The molecule has 3 unspecified atom stereocenters. The van der Waals surface area contributed by atoms with Gasteiger partial charge in [-0.05, 0) is 70.6 Å². The van der Waals surface area contributed by atoms with Gasteiger partial charge in [-0.15, -0.1) is 0 Å². The standard InChI is InChI=1S/C16H32N2/c1-15-5-3-11-18-12-9-16(8-7-15)6-4-10-17(2)13-14-18/h15-16H,3-14H2,1-2H3. The summed E-state index contributed by atoms with van der Waals surface area (Å²) in [6.07, 6.45) is 10.1. The molecule has 0 saturated carbocycles. The van der Waals surface area contributed by atoms with Crippen molar-refractivity contribution in [3.05, 3.63) is 0 Å². The Morgan fingerprint density at radius 1 is 0.722 bits per heavy atom. The van der Waals surface area contributed by atoms with Crippen LogP contribution in [0.15, 0.2) is 0 Å². The van der Waals surface area contributed by atoms with Gasteiger partial charge in [0, 0.05) is 13.1 Å². The number of fused-ring (bicyclic) bond motifs is 3. The van der Waals surface area contributed by atoms with Crippen molar-refractivity contribution in [3.8, 4) is 0 Å². The van der Waals surface area contributed by atoms with Gasteiger partial charge < -0.3 is 9.80 Å². The van der Waals surface area contributed by atoms with E-state index in [4.69, 9.17) is 0 Å². The van der Waals surface area contributed by atoms with E-state index >= 15 is 0 Å². The van der Waals surface area contributed by atoms with E-state index in [9.17, 15) is 0 Å². The normalized spacial score (nSPS) is 37.3. The maximum absolute atomic E-state index is 2.73. The summed E-state index contributed by atoms with van der Waals surface area (Å²) in [4.78, 5) is 5.26. The first-order valence-electron chi connectivity index (χ1n) is 8.15. The van der Waals surface area contributed by atoms with Crippen molar-refractivity contribution in [1.82, 2.24) is 9.80 Å². The van der Waals surface area contributed by atoms with Gasteiger partial charge in [0.1, 0.15) is 0 Å². The highest BCUT2D eigenvalue weighted by Crippen LogP contribution is 2.25. The maximum atomic E-state index is 2.73. The van der Waals surface area contributed by atoms with E-state index in [1.165, 1.54) is 77.7 Å². The van der Waals surface area contributed by atoms with Gasteiger partial charge in [0.25, 0.3) is 0 Å². The highest BCUT2D eigenvalue weighted by molar-refractivity contribution is 4.72. The smallest absolute Gasteiger partial charge is 0.0109 e. The molecule has 2 aliphatic heterocycles. The quantitative estimate of drug-likeness (QED) is 0.653. The lowest BCUT2D eigenvalue weighted by molar-refractivity contribution is 0.174. The van der Waals surface area contributed by atoms with Crippen molar-refractivity contribution >= 4 is 0 Å². The average Bonchev–Trinajstić information content (AvgIpc) is 2.37. The SMILES string of the molecule is CC1CCCN2CCC(CCCN(C)CC2)CC1. The van der Waals surface area contributed by atoms with Crippen molar-refractivity contribution in [2.75, 3.05) is 39.8 Å². The summed E-state index contributed by atoms with van der Waals surface area (Å²) in [6, 6.07) is 0. The van der Waals surface area contributed by atoms with Crippen molar-refractivity contribution in [2.45, 2.75) is 51.9 Å². The molecule has 0 aromatic heterocycles. The lowest BCUT2D eigenvalue weighted by Gasteiger charge is -2.31. The molecule has 0 aromatic rings. The topological polar surface area (TPSA) is 6.48 Å². The number of likely N-dealkylation sites (N-methyl/N-ethyl adjacent to an activating group) is 1. The zero-order chi connectivity index (χ0) is 12.8. The van der Waals surface area contributed by atoms with E-state index in [1.807, 2.05) is 0 Å². The number of rotatable bonds is 0. The molecule has 2 rings (SSSR count). The Hall–Kier alpha value is -0.0800. The Labute approximate surface area is 114 Å². The van der Waals surface area contributed by atoms with Gasteiger partial charge in [0.05, 0.1) is 0 Å². The third-order valence-corrected chi connectivity index (χ3v) is 5.04. The molecule has 106 valence electrons. The lowest BCUT2D eigenvalue weighted by Crippen LogP contribution is -2.37. The van der Waals surface area contributed by atoms with Crippen LogP contribution in [0.2, 0.25) is 0 Å². The molecule has 2 heteroatoms. The first-order chi connectivity index (χ1) is 8.74. The second kappa shape index (κ2) is 7.49. The minimum absolute atomic E-state index is 0.957. The van der Waals surface area contributed by atoms with Crippen molar-refractivity contribution < 1.29 is 0 Å². The molecule has 2 saturated heterocycles. The summed E-state index contributed by atoms with van der Waals surface area (Å²) < 4.78 is 0. The second-order valence-corrected chi connectivity index (χ2v) is 6.77. The van der Waals surface area contributed by atoms with Crippen molar-refractivity contribution in [3.63, 3.8) is 0 Å². The molecule has 2 heterocycles. The summed E-state index contributed by atoms with van der Waals surface area (Å²) in [5, 5.41) is 0. The second-order valence-electron chi connectivity index (χ2n) is 6.77. The van der Waals surface area contributed by atoms with Crippen molar-refractivity contribution in [1.29, 1.82) is 0 Å². The molecule has 18 heavy (non-hydrogen) atoms. The summed E-state index contributed by atoms with van der Waals surface area (Å²) in [5.41, 5.74) is 0. The Balaban J connectivity index is 1.95. The fourth-order valence-corrected chi connectivity index (χ4v) is 3.54. The Morgan fingerprint density at radius 3 is 2.44 bits per heavy atom. The molecule has 0 radical (unpaired) electrons. The molecule has 0 amide bonds. The first kappa shape index (κ1) is 14.3. The zero-order valence-electron chi connectivity index (χ0n) is 12.5. The fraction of sp³-hybridized carbons (Fsp3) is 1.00. The third kappa shape index (κ3) is 4.89. The van der Waals surface area contributed by atoms with Crippen molar-refractivity contribution in [2.24, 2.45) is 11.8 Å². The molecule has 2 bridgehead atoms. The number of hydrogen-bond donors (Lipinski definition) is 0. The molecular weight excluding hydrogens is 220 g/mol. The molecule has 2 fully saturated rings. The van der Waals surface area contributed by atoms with E-state index < -0.39 is 0 Å². The first-order valence-corrected chi connectivity index (χ1v) is 8.15. The van der Waals surface area contributed by atoms with Gasteiger partial charge in [-0.25, -0.2) is 0 Å². The molecule has 2 nitrogen and oxygen atoms in total. The van der Waals surface area contributed by atoms with Gasteiger partial charge in [-0.1, -0.05) is 19.8 Å². The predicted octanol–water partition coefficient (Wildman–Crippen LogP) is 3.23. The van der Waals surface area contributed by atoms with Gasteiger partial charge in [0.2, 0.25) is 0 Å². The Morgan fingerprint density at radius 2 is 1.56 bits per heavy atom. The van der Waals surface area contributed by atoms with Gasteiger partial charge in [0.15, 0.2) is 0 Å². The highest BCUT2D eigenvalue weighted by Gasteiger charge is 2.18. The predicted molar refractivity (Wildman–Crippen MR) is 78.9 cm³/mol. The largest absolute Gasteiger partial charge is 0.305 e.